The molecule has 0 unspecified atom stereocenters. The molecule has 2 heterocycles. The Kier molecular flexibility index (Phi) is 7.64. The van der Waals surface area contributed by atoms with E-state index in [1.165, 1.54) is 22.4 Å². The zero-order chi connectivity index (χ0) is 24.7. The van der Waals surface area contributed by atoms with Gasteiger partial charge in [0.1, 0.15) is 5.75 Å². The van der Waals surface area contributed by atoms with Crippen molar-refractivity contribution in [3.63, 3.8) is 0 Å². The number of likely N-dealkylation sites (N-methyl/N-ethyl adjacent to an activating group) is 1. The summed E-state index contributed by atoms with van der Waals surface area (Å²) in [5.41, 5.74) is 6.22. The summed E-state index contributed by atoms with van der Waals surface area (Å²) >= 11 is 0. The fourth-order valence-electron chi connectivity index (χ4n) is 4.75. The van der Waals surface area contributed by atoms with E-state index in [1.54, 1.807) is 13.3 Å². The molecule has 0 saturated carbocycles. The van der Waals surface area contributed by atoms with Gasteiger partial charge in [0, 0.05) is 69.6 Å². The molecule has 0 amide bonds. The summed E-state index contributed by atoms with van der Waals surface area (Å²) in [4.78, 5) is 11.6. The van der Waals surface area contributed by atoms with Gasteiger partial charge in [0.15, 0.2) is 0 Å². The van der Waals surface area contributed by atoms with Crippen molar-refractivity contribution in [2.45, 2.75) is 19.6 Å². The Hall–Kier alpha value is -3.61. The minimum absolute atomic E-state index is 0.804. The van der Waals surface area contributed by atoms with Gasteiger partial charge in [0.25, 0.3) is 0 Å². The lowest BCUT2D eigenvalue weighted by molar-refractivity contribution is 0.148. The van der Waals surface area contributed by atoms with Gasteiger partial charge in [-0.3, -0.25) is 4.90 Å². The van der Waals surface area contributed by atoms with Crippen LogP contribution in [-0.4, -0.2) is 59.7 Å². The van der Waals surface area contributed by atoms with Crippen molar-refractivity contribution in [3.05, 3.63) is 108 Å². The molecule has 4 aromatic rings. The molecular weight excluding hydrogens is 446 g/mol. The molecule has 0 atom stereocenters. The molecule has 6 heteroatoms. The number of anilines is 1. The van der Waals surface area contributed by atoms with Crippen molar-refractivity contribution in [1.29, 1.82) is 0 Å². The maximum absolute atomic E-state index is 5.49. The van der Waals surface area contributed by atoms with Crippen LogP contribution in [0, 0.1) is 0 Å². The highest BCUT2D eigenvalue weighted by atomic mass is 16.5. The number of methoxy groups -OCH3 is 1. The lowest BCUT2D eigenvalue weighted by atomic mass is 10.1. The van der Waals surface area contributed by atoms with E-state index in [9.17, 15) is 0 Å². The lowest BCUT2D eigenvalue weighted by Gasteiger charge is -2.32. The van der Waals surface area contributed by atoms with Crippen molar-refractivity contribution < 1.29 is 4.74 Å². The number of benzene rings is 3. The third-order valence-corrected chi connectivity index (χ3v) is 6.90. The third-order valence-electron chi connectivity index (χ3n) is 6.90. The first-order valence-corrected chi connectivity index (χ1v) is 12.6. The van der Waals surface area contributed by atoms with Crippen LogP contribution in [0.5, 0.6) is 5.75 Å². The fraction of sp³-hybridized carbons (Fsp3) is 0.300. The summed E-state index contributed by atoms with van der Waals surface area (Å²) in [6.07, 6.45) is 5.60. The van der Waals surface area contributed by atoms with Crippen LogP contribution in [0.25, 0.3) is 5.69 Å². The number of nitrogens with zero attached hydrogens (tertiary/aromatic N) is 5. The van der Waals surface area contributed by atoms with E-state index in [0.29, 0.717) is 0 Å². The first kappa shape index (κ1) is 24.1. The van der Waals surface area contributed by atoms with Gasteiger partial charge < -0.3 is 19.1 Å². The van der Waals surface area contributed by atoms with E-state index in [2.05, 4.69) is 93.5 Å². The Bertz CT molecular complexity index is 1230. The van der Waals surface area contributed by atoms with E-state index < -0.39 is 0 Å². The molecule has 0 aliphatic carbocycles. The molecule has 1 aromatic heterocycles. The van der Waals surface area contributed by atoms with Crippen LogP contribution in [0.4, 0.5) is 5.69 Å². The summed E-state index contributed by atoms with van der Waals surface area (Å²) in [6, 6.07) is 26.1. The molecule has 0 bridgehead atoms. The second-order valence-electron chi connectivity index (χ2n) is 9.59. The van der Waals surface area contributed by atoms with E-state index in [-0.39, 0.29) is 0 Å². The first-order valence-electron chi connectivity index (χ1n) is 12.6. The highest BCUT2D eigenvalue weighted by molar-refractivity contribution is 5.50. The first-order chi connectivity index (χ1) is 17.7. The zero-order valence-corrected chi connectivity index (χ0v) is 21.3. The quantitative estimate of drug-likeness (QED) is 0.342. The molecule has 0 N–H and O–H groups in total. The van der Waals surface area contributed by atoms with Crippen LogP contribution in [-0.2, 0) is 19.6 Å². The van der Waals surface area contributed by atoms with Gasteiger partial charge in [-0.15, -0.1) is 0 Å². The van der Waals surface area contributed by atoms with Crippen molar-refractivity contribution in [1.82, 2.24) is 19.4 Å². The molecule has 0 spiro atoms. The lowest BCUT2D eigenvalue weighted by Crippen LogP contribution is -2.43. The van der Waals surface area contributed by atoms with Crippen LogP contribution >= 0.6 is 0 Å². The monoisotopic (exact) mass is 481 g/mol. The molecule has 186 valence electrons. The Morgan fingerprint density at radius 3 is 2.33 bits per heavy atom. The fourth-order valence-corrected chi connectivity index (χ4v) is 4.75. The molecule has 5 rings (SSSR count). The Morgan fingerprint density at radius 2 is 1.58 bits per heavy atom. The van der Waals surface area contributed by atoms with E-state index in [4.69, 9.17) is 4.74 Å². The number of aromatic nitrogens is 2. The molecule has 1 fully saturated rings. The molecule has 1 saturated heterocycles. The number of imidazole rings is 1. The minimum atomic E-state index is 0.804. The van der Waals surface area contributed by atoms with Crippen molar-refractivity contribution in [3.8, 4) is 11.4 Å². The standard InChI is InChI=1S/C30H35N5O/c1-32-15-17-33(18-16-32)21-26-5-3-7-29(19-26)35(23-27-6-4-8-30(20-27)36-2)22-25-9-11-28(12-10-25)34-14-13-31-24-34/h3-14,19-20,24H,15-18,21-23H2,1-2H3. The van der Waals surface area contributed by atoms with Gasteiger partial charge in [0.05, 0.1) is 13.4 Å². The van der Waals surface area contributed by atoms with Gasteiger partial charge in [-0.1, -0.05) is 36.4 Å². The summed E-state index contributed by atoms with van der Waals surface area (Å²) in [5, 5.41) is 0. The summed E-state index contributed by atoms with van der Waals surface area (Å²) in [7, 11) is 3.93. The molecule has 1 aliphatic heterocycles. The topological polar surface area (TPSA) is 36.8 Å². The summed E-state index contributed by atoms with van der Waals surface area (Å²) in [6.45, 7) is 7.13. The van der Waals surface area contributed by atoms with Crippen molar-refractivity contribution in [2.24, 2.45) is 0 Å². The van der Waals surface area contributed by atoms with Crippen LogP contribution in [0.1, 0.15) is 16.7 Å². The second kappa shape index (κ2) is 11.4. The third kappa shape index (κ3) is 6.14. The normalized spacial score (nSPS) is 14.6. The van der Waals surface area contributed by atoms with Gasteiger partial charge in [-0.05, 0) is 60.1 Å². The molecule has 3 aromatic carbocycles. The molecule has 0 radical (unpaired) electrons. The number of ether oxygens (including phenoxy) is 1. The number of rotatable bonds is 9. The number of hydrogen-bond donors (Lipinski definition) is 0. The van der Waals surface area contributed by atoms with Crippen LogP contribution in [0.3, 0.4) is 0 Å². The zero-order valence-electron chi connectivity index (χ0n) is 21.3. The van der Waals surface area contributed by atoms with Gasteiger partial charge >= 0.3 is 0 Å². The highest BCUT2D eigenvalue weighted by Gasteiger charge is 2.15. The van der Waals surface area contributed by atoms with E-state index >= 15 is 0 Å². The average Bonchev–Trinajstić information content (AvgIpc) is 3.46. The van der Waals surface area contributed by atoms with Crippen LogP contribution in [0.2, 0.25) is 0 Å². The SMILES string of the molecule is COc1cccc(CN(Cc2ccc(-n3ccnc3)cc2)c2cccc(CN3CCN(C)CC3)c2)c1. The average molecular weight is 482 g/mol. The van der Waals surface area contributed by atoms with E-state index in [0.717, 1.165) is 57.3 Å². The van der Waals surface area contributed by atoms with Gasteiger partial charge in [0.2, 0.25) is 0 Å². The number of piperazine rings is 1. The Morgan fingerprint density at radius 1 is 0.833 bits per heavy atom. The Labute approximate surface area is 214 Å². The molecule has 1 aliphatic rings. The molecule has 36 heavy (non-hydrogen) atoms. The van der Waals surface area contributed by atoms with Crippen LogP contribution < -0.4 is 9.64 Å². The molecule has 6 nitrogen and oxygen atoms in total. The smallest absolute Gasteiger partial charge is 0.119 e. The Balaban J connectivity index is 1.37. The predicted molar refractivity (Wildman–Crippen MR) is 146 cm³/mol. The van der Waals surface area contributed by atoms with Gasteiger partial charge in [-0.25, -0.2) is 4.98 Å². The van der Waals surface area contributed by atoms with Crippen molar-refractivity contribution in [2.75, 3.05) is 45.2 Å². The predicted octanol–water partition coefficient (Wildman–Crippen LogP) is 4.84. The van der Waals surface area contributed by atoms with Gasteiger partial charge in [-0.2, -0.15) is 0 Å². The molecular formula is C30H35N5O. The second-order valence-corrected chi connectivity index (χ2v) is 9.59. The minimum Gasteiger partial charge on any atom is -0.497 e. The largest absolute Gasteiger partial charge is 0.497 e. The maximum Gasteiger partial charge on any atom is 0.119 e. The maximum atomic E-state index is 5.49. The van der Waals surface area contributed by atoms with Crippen molar-refractivity contribution >= 4 is 5.69 Å². The summed E-state index contributed by atoms with van der Waals surface area (Å²) in [5.74, 6) is 0.890. The highest BCUT2D eigenvalue weighted by Crippen LogP contribution is 2.24. The van der Waals surface area contributed by atoms with Crippen LogP contribution in [0.15, 0.2) is 91.5 Å². The summed E-state index contributed by atoms with van der Waals surface area (Å²) < 4.78 is 7.51. The van der Waals surface area contributed by atoms with E-state index in [1.807, 2.05) is 23.2 Å². The number of hydrogen-bond acceptors (Lipinski definition) is 5.